The minimum atomic E-state index is -0.252. The predicted molar refractivity (Wildman–Crippen MR) is 85.3 cm³/mol. The highest BCUT2D eigenvalue weighted by molar-refractivity contribution is 5.30. The molecular formula is C18H28FNO. The molecule has 0 radical (unpaired) electrons. The minimum absolute atomic E-state index is 0.252. The van der Waals surface area contributed by atoms with Gasteiger partial charge in [-0.1, -0.05) is 39.2 Å². The Kier molecular flexibility index (Phi) is 5.63. The largest absolute Gasteiger partial charge is 0.494 e. The second-order valence-corrected chi connectivity index (χ2v) is 6.74. The summed E-state index contributed by atoms with van der Waals surface area (Å²) in [6.45, 7) is 5.39. The van der Waals surface area contributed by atoms with Gasteiger partial charge in [0.05, 0.1) is 7.11 Å². The number of ether oxygens (including phenoxy) is 1. The van der Waals surface area contributed by atoms with Gasteiger partial charge in [-0.2, -0.15) is 0 Å². The fraction of sp³-hybridized carbons (Fsp3) is 0.667. The van der Waals surface area contributed by atoms with E-state index in [4.69, 9.17) is 4.74 Å². The molecule has 1 aliphatic rings. The van der Waals surface area contributed by atoms with Crippen LogP contribution in [0.2, 0.25) is 0 Å². The molecule has 2 nitrogen and oxygen atoms in total. The van der Waals surface area contributed by atoms with Crippen molar-refractivity contribution in [2.75, 3.05) is 13.7 Å². The molecule has 2 rings (SSSR count). The van der Waals surface area contributed by atoms with E-state index in [1.165, 1.54) is 39.2 Å². The van der Waals surface area contributed by atoms with Crippen molar-refractivity contribution < 1.29 is 9.13 Å². The zero-order chi connectivity index (χ0) is 15.3. The molecule has 0 spiro atoms. The summed E-state index contributed by atoms with van der Waals surface area (Å²) in [5, 5.41) is 3.60. The molecule has 0 aromatic heterocycles. The van der Waals surface area contributed by atoms with E-state index in [1.807, 2.05) is 6.07 Å². The van der Waals surface area contributed by atoms with Gasteiger partial charge >= 0.3 is 0 Å². The van der Waals surface area contributed by atoms with E-state index in [-0.39, 0.29) is 11.2 Å². The van der Waals surface area contributed by atoms with E-state index >= 15 is 0 Å². The molecule has 0 bridgehead atoms. The molecule has 1 fully saturated rings. The van der Waals surface area contributed by atoms with Gasteiger partial charge in [-0.05, 0) is 42.4 Å². The first kappa shape index (κ1) is 16.3. The van der Waals surface area contributed by atoms with Crippen molar-refractivity contribution in [3.05, 3.63) is 29.6 Å². The van der Waals surface area contributed by atoms with Gasteiger partial charge < -0.3 is 10.1 Å². The number of halogens is 1. The average molecular weight is 293 g/mol. The van der Waals surface area contributed by atoms with Crippen LogP contribution in [-0.2, 0) is 6.42 Å². The average Bonchev–Trinajstić information content (AvgIpc) is 2.46. The Bertz CT molecular complexity index is 453. The van der Waals surface area contributed by atoms with Gasteiger partial charge in [-0.3, -0.25) is 0 Å². The molecule has 1 saturated carbocycles. The van der Waals surface area contributed by atoms with Crippen LogP contribution in [0.15, 0.2) is 18.2 Å². The lowest BCUT2D eigenvalue weighted by Gasteiger charge is -2.38. The first-order valence-electron chi connectivity index (χ1n) is 8.10. The number of rotatable bonds is 6. The van der Waals surface area contributed by atoms with E-state index in [0.29, 0.717) is 11.8 Å². The third-order valence-corrected chi connectivity index (χ3v) is 4.59. The lowest BCUT2D eigenvalue weighted by Crippen LogP contribution is -2.40. The molecular weight excluding hydrogens is 265 g/mol. The van der Waals surface area contributed by atoms with Gasteiger partial charge in [-0.15, -0.1) is 0 Å². The summed E-state index contributed by atoms with van der Waals surface area (Å²) in [6.07, 6.45) is 7.34. The summed E-state index contributed by atoms with van der Waals surface area (Å²) < 4.78 is 18.9. The second-order valence-electron chi connectivity index (χ2n) is 6.74. The quantitative estimate of drug-likeness (QED) is 0.843. The van der Waals surface area contributed by atoms with Crippen molar-refractivity contribution in [1.29, 1.82) is 0 Å². The van der Waals surface area contributed by atoms with Crippen LogP contribution in [-0.4, -0.2) is 19.7 Å². The van der Waals surface area contributed by atoms with E-state index < -0.39 is 0 Å². The molecule has 0 saturated heterocycles. The molecule has 0 atom stereocenters. The van der Waals surface area contributed by atoms with Crippen molar-refractivity contribution in [1.82, 2.24) is 5.32 Å². The molecule has 1 aromatic rings. The van der Waals surface area contributed by atoms with E-state index in [9.17, 15) is 4.39 Å². The Hall–Kier alpha value is -1.09. The third kappa shape index (κ3) is 4.44. The lowest BCUT2D eigenvalue weighted by atomic mass is 9.70. The molecule has 3 heteroatoms. The maximum absolute atomic E-state index is 13.9. The summed E-state index contributed by atoms with van der Waals surface area (Å²) in [7, 11) is 1.51. The van der Waals surface area contributed by atoms with Crippen LogP contribution in [0.3, 0.4) is 0 Å². The summed E-state index contributed by atoms with van der Waals surface area (Å²) in [4.78, 5) is 0. The Balaban J connectivity index is 2.12. The normalized spacial score (nSPS) is 18.0. The predicted octanol–water partition coefficient (Wildman–Crippen LogP) is 4.33. The molecule has 0 heterocycles. The molecule has 1 N–H and O–H groups in total. The van der Waals surface area contributed by atoms with Gasteiger partial charge in [-0.25, -0.2) is 4.39 Å². The van der Waals surface area contributed by atoms with Crippen molar-refractivity contribution in [2.24, 2.45) is 5.41 Å². The van der Waals surface area contributed by atoms with Crippen LogP contribution in [0.4, 0.5) is 4.39 Å². The Morgan fingerprint density at radius 3 is 2.52 bits per heavy atom. The molecule has 118 valence electrons. The molecule has 0 aliphatic heterocycles. The summed E-state index contributed by atoms with van der Waals surface area (Å²) >= 11 is 0. The summed E-state index contributed by atoms with van der Waals surface area (Å²) in [5.41, 5.74) is 1.37. The van der Waals surface area contributed by atoms with Crippen LogP contribution in [0.25, 0.3) is 0 Å². The van der Waals surface area contributed by atoms with Gasteiger partial charge in [0.25, 0.3) is 0 Å². The van der Waals surface area contributed by atoms with Crippen LogP contribution in [0, 0.1) is 11.2 Å². The number of benzene rings is 1. The Morgan fingerprint density at radius 2 is 1.95 bits per heavy atom. The van der Waals surface area contributed by atoms with Crippen molar-refractivity contribution in [3.63, 3.8) is 0 Å². The van der Waals surface area contributed by atoms with E-state index in [2.05, 4.69) is 19.2 Å². The second kappa shape index (κ2) is 7.26. The molecule has 0 unspecified atom stereocenters. The molecule has 0 amide bonds. The van der Waals surface area contributed by atoms with Crippen LogP contribution < -0.4 is 10.1 Å². The van der Waals surface area contributed by atoms with E-state index in [1.54, 1.807) is 12.1 Å². The number of nitrogens with one attached hydrogen (secondary N) is 1. The van der Waals surface area contributed by atoms with Gasteiger partial charge in [0.15, 0.2) is 11.6 Å². The highest BCUT2D eigenvalue weighted by Crippen LogP contribution is 2.39. The van der Waals surface area contributed by atoms with Crippen molar-refractivity contribution in [2.45, 2.75) is 58.4 Å². The van der Waals surface area contributed by atoms with Gasteiger partial charge in [0.1, 0.15) is 0 Å². The van der Waals surface area contributed by atoms with Crippen LogP contribution in [0.1, 0.15) is 51.5 Å². The fourth-order valence-corrected chi connectivity index (χ4v) is 3.39. The lowest BCUT2D eigenvalue weighted by molar-refractivity contribution is 0.176. The number of hydrogen-bond acceptors (Lipinski definition) is 2. The smallest absolute Gasteiger partial charge is 0.165 e. The SMILES string of the molecule is COc1ccc(CC2(CNC(C)C)CCCCC2)cc1F. The molecule has 1 aromatic carbocycles. The Morgan fingerprint density at radius 1 is 1.24 bits per heavy atom. The standard InChI is InChI=1S/C18H28FNO/c1-14(2)20-13-18(9-5-4-6-10-18)12-15-7-8-17(21-3)16(19)11-15/h7-8,11,14,20H,4-6,9-10,12-13H2,1-3H3. The molecule has 1 aliphatic carbocycles. The highest BCUT2D eigenvalue weighted by atomic mass is 19.1. The monoisotopic (exact) mass is 293 g/mol. The van der Waals surface area contributed by atoms with Crippen molar-refractivity contribution >= 4 is 0 Å². The first-order chi connectivity index (χ1) is 10.0. The summed E-state index contributed by atoms with van der Waals surface area (Å²) in [5.74, 6) is 0.0783. The molecule has 21 heavy (non-hydrogen) atoms. The topological polar surface area (TPSA) is 21.3 Å². The van der Waals surface area contributed by atoms with Gasteiger partial charge in [0, 0.05) is 12.6 Å². The fourth-order valence-electron chi connectivity index (χ4n) is 3.39. The maximum atomic E-state index is 13.9. The van der Waals surface area contributed by atoms with Crippen molar-refractivity contribution in [3.8, 4) is 5.75 Å². The zero-order valence-corrected chi connectivity index (χ0v) is 13.5. The van der Waals surface area contributed by atoms with Crippen LogP contribution in [0.5, 0.6) is 5.75 Å². The zero-order valence-electron chi connectivity index (χ0n) is 13.5. The van der Waals surface area contributed by atoms with Crippen LogP contribution >= 0.6 is 0 Å². The summed E-state index contributed by atoms with van der Waals surface area (Å²) in [6, 6.07) is 5.89. The van der Waals surface area contributed by atoms with E-state index in [0.717, 1.165) is 18.5 Å². The minimum Gasteiger partial charge on any atom is -0.494 e. The van der Waals surface area contributed by atoms with Gasteiger partial charge in [0.2, 0.25) is 0 Å². The highest BCUT2D eigenvalue weighted by Gasteiger charge is 2.32. The first-order valence-corrected chi connectivity index (χ1v) is 8.10. The maximum Gasteiger partial charge on any atom is 0.165 e. The number of hydrogen-bond donors (Lipinski definition) is 1. The third-order valence-electron chi connectivity index (χ3n) is 4.59. The Labute approximate surface area is 128 Å². The number of methoxy groups -OCH3 is 1.